The van der Waals surface area contributed by atoms with Gasteiger partial charge in [0.05, 0.1) is 5.75 Å². The molecular formula is C11H22N2O2S. The predicted octanol–water partition coefficient (Wildman–Crippen LogP) is 0.800. The zero-order valence-electron chi connectivity index (χ0n) is 10.2. The Hall–Kier alpha value is -0.130. The number of hydrogen-bond acceptors (Lipinski definition) is 3. The van der Waals surface area contributed by atoms with E-state index < -0.39 is 10.0 Å². The Bertz CT molecular complexity index is 347. The summed E-state index contributed by atoms with van der Waals surface area (Å²) in [6, 6.07) is 0.588. The molecule has 5 heteroatoms. The van der Waals surface area contributed by atoms with E-state index in [1.807, 2.05) is 0 Å². The number of hydrogen-bond donors (Lipinski definition) is 1. The third-order valence-electron chi connectivity index (χ3n) is 3.41. The molecule has 0 aromatic carbocycles. The van der Waals surface area contributed by atoms with E-state index in [0.717, 1.165) is 6.42 Å². The third-order valence-corrected chi connectivity index (χ3v) is 5.22. The second kappa shape index (κ2) is 4.27. The molecule has 16 heavy (non-hydrogen) atoms. The molecule has 2 aliphatic rings. The van der Waals surface area contributed by atoms with E-state index in [4.69, 9.17) is 0 Å². The van der Waals surface area contributed by atoms with Gasteiger partial charge in [-0.3, -0.25) is 0 Å². The molecule has 1 aliphatic carbocycles. The van der Waals surface area contributed by atoms with Gasteiger partial charge in [-0.05, 0) is 24.7 Å². The van der Waals surface area contributed by atoms with Gasteiger partial charge in [-0.15, -0.1) is 0 Å². The van der Waals surface area contributed by atoms with Gasteiger partial charge in [0.25, 0.3) is 0 Å². The molecule has 2 fully saturated rings. The van der Waals surface area contributed by atoms with E-state index in [-0.39, 0.29) is 11.2 Å². The SMILES string of the molecule is CC1(C)CCN(S(=O)(=O)CCNC2CC2)C1. The summed E-state index contributed by atoms with van der Waals surface area (Å²) in [7, 11) is -3.03. The lowest BCUT2D eigenvalue weighted by Crippen LogP contribution is -2.36. The molecule has 1 heterocycles. The average molecular weight is 246 g/mol. The van der Waals surface area contributed by atoms with E-state index in [1.165, 1.54) is 12.8 Å². The summed E-state index contributed by atoms with van der Waals surface area (Å²) in [5.41, 5.74) is 0.150. The maximum absolute atomic E-state index is 12.0. The van der Waals surface area contributed by atoms with Crippen molar-refractivity contribution in [3.63, 3.8) is 0 Å². The van der Waals surface area contributed by atoms with Crippen molar-refractivity contribution in [1.29, 1.82) is 0 Å². The first-order chi connectivity index (χ1) is 7.39. The minimum absolute atomic E-state index is 0.150. The van der Waals surface area contributed by atoms with Crippen molar-refractivity contribution in [2.75, 3.05) is 25.4 Å². The van der Waals surface area contributed by atoms with Gasteiger partial charge >= 0.3 is 0 Å². The van der Waals surface area contributed by atoms with Gasteiger partial charge in [0.15, 0.2) is 0 Å². The molecule has 0 atom stereocenters. The summed E-state index contributed by atoms with van der Waals surface area (Å²) >= 11 is 0. The number of rotatable bonds is 5. The van der Waals surface area contributed by atoms with Crippen molar-refractivity contribution in [1.82, 2.24) is 9.62 Å². The van der Waals surface area contributed by atoms with Crippen LogP contribution in [0.1, 0.15) is 33.1 Å². The number of nitrogens with one attached hydrogen (secondary N) is 1. The second-order valence-electron chi connectivity index (χ2n) is 5.79. The van der Waals surface area contributed by atoms with Crippen LogP contribution in [0.5, 0.6) is 0 Å². The van der Waals surface area contributed by atoms with E-state index in [0.29, 0.717) is 25.7 Å². The van der Waals surface area contributed by atoms with E-state index >= 15 is 0 Å². The molecule has 0 unspecified atom stereocenters. The Morgan fingerprint density at radius 2 is 2.06 bits per heavy atom. The van der Waals surface area contributed by atoms with Crippen LogP contribution >= 0.6 is 0 Å². The maximum Gasteiger partial charge on any atom is 0.215 e. The van der Waals surface area contributed by atoms with E-state index in [2.05, 4.69) is 19.2 Å². The molecule has 94 valence electrons. The fraction of sp³-hybridized carbons (Fsp3) is 1.00. The van der Waals surface area contributed by atoms with Crippen LogP contribution in [0.3, 0.4) is 0 Å². The minimum atomic E-state index is -3.03. The standard InChI is InChI=1S/C11H22N2O2S/c1-11(2)5-7-13(9-11)16(14,15)8-6-12-10-3-4-10/h10,12H,3-9H2,1-2H3. The highest BCUT2D eigenvalue weighted by Gasteiger charge is 2.35. The van der Waals surface area contributed by atoms with Crippen molar-refractivity contribution < 1.29 is 8.42 Å². The molecule has 1 N–H and O–H groups in total. The fourth-order valence-electron chi connectivity index (χ4n) is 2.11. The molecule has 1 saturated heterocycles. The van der Waals surface area contributed by atoms with Crippen molar-refractivity contribution in [2.45, 2.75) is 39.2 Å². The monoisotopic (exact) mass is 246 g/mol. The highest BCUT2D eigenvalue weighted by molar-refractivity contribution is 7.89. The van der Waals surface area contributed by atoms with Gasteiger partial charge < -0.3 is 5.32 Å². The van der Waals surface area contributed by atoms with Crippen LogP contribution in [0.4, 0.5) is 0 Å². The Kier molecular flexibility index (Phi) is 3.29. The molecule has 0 radical (unpaired) electrons. The van der Waals surface area contributed by atoms with Gasteiger partial charge in [0.1, 0.15) is 0 Å². The van der Waals surface area contributed by atoms with Crippen LogP contribution in [0, 0.1) is 5.41 Å². The van der Waals surface area contributed by atoms with Crippen LogP contribution in [0.25, 0.3) is 0 Å². The molecule has 2 rings (SSSR count). The second-order valence-corrected chi connectivity index (χ2v) is 7.88. The molecule has 0 aromatic heterocycles. The van der Waals surface area contributed by atoms with E-state index in [1.54, 1.807) is 4.31 Å². The third kappa shape index (κ3) is 3.18. The molecule has 0 spiro atoms. The van der Waals surface area contributed by atoms with Gasteiger partial charge in [-0.2, -0.15) is 0 Å². The zero-order valence-corrected chi connectivity index (χ0v) is 11.0. The summed E-state index contributed by atoms with van der Waals surface area (Å²) < 4.78 is 25.7. The first-order valence-electron chi connectivity index (χ1n) is 6.10. The Labute approximate surface area is 98.4 Å². The number of sulfonamides is 1. The van der Waals surface area contributed by atoms with Gasteiger partial charge in [0, 0.05) is 25.7 Å². The van der Waals surface area contributed by atoms with Crippen LogP contribution in [-0.2, 0) is 10.0 Å². The highest BCUT2D eigenvalue weighted by atomic mass is 32.2. The summed E-state index contributed by atoms with van der Waals surface area (Å²) in [5, 5.41) is 3.25. The first kappa shape index (κ1) is 12.3. The van der Waals surface area contributed by atoms with Crippen LogP contribution in [-0.4, -0.2) is 44.2 Å². The van der Waals surface area contributed by atoms with Gasteiger partial charge in [-0.25, -0.2) is 12.7 Å². The molecule has 1 aliphatic heterocycles. The number of nitrogens with zero attached hydrogens (tertiary/aromatic N) is 1. The fourth-order valence-corrected chi connectivity index (χ4v) is 3.66. The van der Waals surface area contributed by atoms with E-state index in [9.17, 15) is 8.42 Å². The quantitative estimate of drug-likeness (QED) is 0.780. The molecule has 4 nitrogen and oxygen atoms in total. The summed E-state index contributed by atoms with van der Waals surface area (Å²) in [6.45, 7) is 6.23. The Morgan fingerprint density at radius 1 is 1.38 bits per heavy atom. The lowest BCUT2D eigenvalue weighted by molar-refractivity contribution is 0.375. The van der Waals surface area contributed by atoms with Crippen molar-refractivity contribution in [3.05, 3.63) is 0 Å². The van der Waals surface area contributed by atoms with Crippen LogP contribution < -0.4 is 5.32 Å². The maximum atomic E-state index is 12.0. The van der Waals surface area contributed by atoms with Crippen molar-refractivity contribution in [3.8, 4) is 0 Å². The highest BCUT2D eigenvalue weighted by Crippen LogP contribution is 2.30. The zero-order chi connectivity index (χ0) is 11.8. The average Bonchev–Trinajstić information content (AvgIpc) is 2.89. The lowest BCUT2D eigenvalue weighted by atomic mass is 9.93. The van der Waals surface area contributed by atoms with Crippen LogP contribution in [0.2, 0.25) is 0 Å². The topological polar surface area (TPSA) is 49.4 Å². The Balaban J connectivity index is 1.81. The molecular weight excluding hydrogens is 224 g/mol. The minimum Gasteiger partial charge on any atom is -0.313 e. The molecule has 0 bridgehead atoms. The summed E-state index contributed by atoms with van der Waals surface area (Å²) in [6.07, 6.45) is 3.38. The smallest absolute Gasteiger partial charge is 0.215 e. The van der Waals surface area contributed by atoms with Crippen molar-refractivity contribution >= 4 is 10.0 Å². The first-order valence-corrected chi connectivity index (χ1v) is 7.71. The normalized spacial score (nSPS) is 26.1. The molecule has 1 saturated carbocycles. The van der Waals surface area contributed by atoms with Gasteiger partial charge in [-0.1, -0.05) is 13.8 Å². The summed E-state index contributed by atoms with van der Waals surface area (Å²) in [5.74, 6) is 0.250. The lowest BCUT2D eigenvalue weighted by Gasteiger charge is -2.19. The largest absolute Gasteiger partial charge is 0.313 e. The predicted molar refractivity (Wildman–Crippen MR) is 64.8 cm³/mol. The molecule has 0 amide bonds. The van der Waals surface area contributed by atoms with Gasteiger partial charge in [0.2, 0.25) is 10.0 Å². The summed E-state index contributed by atoms with van der Waals surface area (Å²) in [4.78, 5) is 0. The Morgan fingerprint density at radius 3 is 2.56 bits per heavy atom. The molecule has 0 aromatic rings. The van der Waals surface area contributed by atoms with Crippen LogP contribution in [0.15, 0.2) is 0 Å². The van der Waals surface area contributed by atoms with Crippen molar-refractivity contribution in [2.24, 2.45) is 5.41 Å².